The van der Waals surface area contributed by atoms with Crippen molar-refractivity contribution in [1.82, 2.24) is 4.98 Å². The highest BCUT2D eigenvalue weighted by Gasteiger charge is 2.18. The molecule has 0 radical (unpaired) electrons. The lowest BCUT2D eigenvalue weighted by molar-refractivity contribution is 0.102. The molecular weight excluding hydrogens is 332 g/mol. The van der Waals surface area contributed by atoms with Crippen LogP contribution in [0.3, 0.4) is 0 Å². The number of hydrogen-bond donors (Lipinski definition) is 1. The van der Waals surface area contributed by atoms with Gasteiger partial charge in [0.25, 0.3) is 5.91 Å². The van der Waals surface area contributed by atoms with E-state index in [-0.39, 0.29) is 12.0 Å². The van der Waals surface area contributed by atoms with Gasteiger partial charge in [-0.2, -0.15) is 11.8 Å². The van der Waals surface area contributed by atoms with Gasteiger partial charge in [-0.15, -0.1) is 0 Å². The first-order valence-corrected chi connectivity index (χ1v) is 8.93. The van der Waals surface area contributed by atoms with E-state index in [1.165, 1.54) is 0 Å². The van der Waals surface area contributed by atoms with Crippen molar-refractivity contribution in [1.29, 1.82) is 0 Å². The third kappa shape index (κ3) is 4.18. The Balaban J connectivity index is 1.72. The third-order valence-corrected chi connectivity index (χ3v) is 4.99. The predicted octanol–water partition coefficient (Wildman–Crippen LogP) is 4.18. The van der Waals surface area contributed by atoms with E-state index in [1.807, 2.05) is 24.8 Å². The summed E-state index contributed by atoms with van der Waals surface area (Å²) in [6.07, 6.45) is 2.79. The number of pyridine rings is 1. The van der Waals surface area contributed by atoms with Crippen LogP contribution in [0.5, 0.6) is 5.88 Å². The second-order valence-electron chi connectivity index (χ2n) is 5.40. The number of nitrogens with one attached hydrogen (secondary N) is 1. The van der Waals surface area contributed by atoms with Crippen molar-refractivity contribution in [2.45, 2.75) is 19.4 Å². The number of carbonyl (C=O) groups is 1. The van der Waals surface area contributed by atoms with Gasteiger partial charge in [0.15, 0.2) is 0 Å². The summed E-state index contributed by atoms with van der Waals surface area (Å²) in [6, 6.07) is 8.76. The second kappa shape index (κ2) is 7.23. The van der Waals surface area contributed by atoms with Gasteiger partial charge in [-0.3, -0.25) is 4.79 Å². The standard InChI is InChI=1S/C17H17ClN2O2S/c1-11-2-3-13(18)9-15(11)20-17(21)12-4-6-19-16(8-12)22-14-5-7-23-10-14/h2-4,6,8-9,14H,5,7,10H2,1H3,(H,20,21). The van der Waals surface area contributed by atoms with E-state index >= 15 is 0 Å². The zero-order valence-electron chi connectivity index (χ0n) is 12.7. The Morgan fingerprint density at radius 1 is 1.39 bits per heavy atom. The van der Waals surface area contributed by atoms with Crippen LogP contribution in [-0.2, 0) is 0 Å². The number of halogens is 1. The number of ether oxygens (including phenoxy) is 1. The molecule has 1 amide bonds. The van der Waals surface area contributed by atoms with E-state index in [0.717, 1.165) is 23.5 Å². The van der Waals surface area contributed by atoms with Gasteiger partial charge in [-0.25, -0.2) is 4.98 Å². The van der Waals surface area contributed by atoms with E-state index in [0.29, 0.717) is 22.2 Å². The normalized spacial score (nSPS) is 17.0. The Labute approximate surface area is 144 Å². The summed E-state index contributed by atoms with van der Waals surface area (Å²) in [7, 11) is 0. The van der Waals surface area contributed by atoms with Crippen molar-refractivity contribution in [3.05, 3.63) is 52.7 Å². The first kappa shape index (κ1) is 16.1. The van der Waals surface area contributed by atoms with E-state index < -0.39 is 0 Å². The quantitative estimate of drug-likeness (QED) is 0.900. The molecule has 1 unspecified atom stereocenters. The molecule has 0 bridgehead atoms. The molecule has 1 saturated heterocycles. The van der Waals surface area contributed by atoms with Gasteiger partial charge in [0.1, 0.15) is 6.10 Å². The predicted molar refractivity (Wildman–Crippen MR) is 94.7 cm³/mol. The van der Waals surface area contributed by atoms with Crippen LogP contribution >= 0.6 is 23.4 Å². The Bertz CT molecular complexity index is 717. The minimum atomic E-state index is -0.205. The maximum Gasteiger partial charge on any atom is 0.255 e. The molecule has 0 spiro atoms. The van der Waals surface area contributed by atoms with Crippen molar-refractivity contribution in [3.63, 3.8) is 0 Å². The monoisotopic (exact) mass is 348 g/mol. The molecule has 0 aliphatic carbocycles. The highest BCUT2D eigenvalue weighted by atomic mass is 35.5. The molecule has 1 aliphatic heterocycles. The van der Waals surface area contributed by atoms with E-state index in [2.05, 4.69) is 10.3 Å². The molecular formula is C17H17ClN2O2S. The molecule has 1 aromatic heterocycles. The molecule has 2 aromatic rings. The Morgan fingerprint density at radius 2 is 2.26 bits per heavy atom. The van der Waals surface area contributed by atoms with Crippen LogP contribution < -0.4 is 10.1 Å². The van der Waals surface area contributed by atoms with Gasteiger partial charge in [-0.1, -0.05) is 17.7 Å². The van der Waals surface area contributed by atoms with Crippen molar-refractivity contribution < 1.29 is 9.53 Å². The largest absolute Gasteiger partial charge is 0.473 e. The summed E-state index contributed by atoms with van der Waals surface area (Å²) >= 11 is 7.86. The lowest BCUT2D eigenvalue weighted by Gasteiger charge is -2.12. The number of amides is 1. The minimum absolute atomic E-state index is 0.181. The Morgan fingerprint density at radius 3 is 3.04 bits per heavy atom. The SMILES string of the molecule is Cc1ccc(Cl)cc1NC(=O)c1ccnc(OC2CCSC2)c1. The van der Waals surface area contributed by atoms with Gasteiger partial charge in [0.2, 0.25) is 5.88 Å². The first-order valence-electron chi connectivity index (χ1n) is 7.40. The third-order valence-electron chi connectivity index (χ3n) is 3.62. The number of carbonyl (C=O) groups excluding carboxylic acids is 1. The zero-order valence-corrected chi connectivity index (χ0v) is 14.3. The van der Waals surface area contributed by atoms with Crippen LogP contribution in [0.1, 0.15) is 22.3 Å². The molecule has 1 aromatic carbocycles. The highest BCUT2D eigenvalue weighted by molar-refractivity contribution is 7.99. The van der Waals surface area contributed by atoms with Gasteiger partial charge < -0.3 is 10.1 Å². The Hall–Kier alpha value is -1.72. The number of benzene rings is 1. The maximum absolute atomic E-state index is 12.4. The fourth-order valence-electron chi connectivity index (χ4n) is 2.32. The van der Waals surface area contributed by atoms with Crippen molar-refractivity contribution in [3.8, 4) is 5.88 Å². The van der Waals surface area contributed by atoms with E-state index in [1.54, 1.807) is 30.5 Å². The fourth-order valence-corrected chi connectivity index (χ4v) is 3.58. The van der Waals surface area contributed by atoms with Crippen LogP contribution in [0.25, 0.3) is 0 Å². The number of aryl methyl sites for hydroxylation is 1. The average molecular weight is 349 g/mol. The van der Waals surface area contributed by atoms with Crippen molar-refractivity contribution in [2.24, 2.45) is 0 Å². The highest BCUT2D eigenvalue weighted by Crippen LogP contribution is 2.23. The number of aromatic nitrogens is 1. The molecule has 1 atom stereocenters. The van der Waals surface area contributed by atoms with Gasteiger partial charge in [0, 0.05) is 34.3 Å². The molecule has 6 heteroatoms. The summed E-state index contributed by atoms with van der Waals surface area (Å²) in [5.74, 6) is 2.37. The van der Waals surface area contributed by atoms with Crippen LogP contribution in [0.2, 0.25) is 5.02 Å². The summed E-state index contributed by atoms with van der Waals surface area (Å²) < 4.78 is 5.83. The molecule has 4 nitrogen and oxygen atoms in total. The lowest BCUT2D eigenvalue weighted by atomic mass is 10.2. The van der Waals surface area contributed by atoms with E-state index in [9.17, 15) is 4.79 Å². The molecule has 120 valence electrons. The van der Waals surface area contributed by atoms with Crippen LogP contribution in [-0.4, -0.2) is 28.5 Å². The number of rotatable bonds is 4. The average Bonchev–Trinajstić information content (AvgIpc) is 3.04. The molecule has 1 fully saturated rings. The molecule has 1 aliphatic rings. The van der Waals surface area contributed by atoms with E-state index in [4.69, 9.17) is 16.3 Å². The summed E-state index contributed by atoms with van der Waals surface area (Å²) in [5.41, 5.74) is 2.17. The summed E-state index contributed by atoms with van der Waals surface area (Å²) in [6.45, 7) is 1.92. The van der Waals surface area contributed by atoms with Crippen LogP contribution in [0, 0.1) is 6.92 Å². The second-order valence-corrected chi connectivity index (χ2v) is 6.99. The van der Waals surface area contributed by atoms with Crippen LogP contribution in [0.4, 0.5) is 5.69 Å². The number of nitrogens with zero attached hydrogens (tertiary/aromatic N) is 1. The number of hydrogen-bond acceptors (Lipinski definition) is 4. The Kier molecular flexibility index (Phi) is 5.08. The zero-order chi connectivity index (χ0) is 16.2. The number of anilines is 1. The molecule has 2 heterocycles. The summed E-state index contributed by atoms with van der Waals surface area (Å²) in [5, 5.41) is 3.46. The maximum atomic E-state index is 12.4. The molecule has 1 N–H and O–H groups in total. The smallest absolute Gasteiger partial charge is 0.255 e. The summed E-state index contributed by atoms with van der Waals surface area (Å²) in [4.78, 5) is 16.6. The molecule has 3 rings (SSSR count). The van der Waals surface area contributed by atoms with Crippen molar-refractivity contribution in [2.75, 3.05) is 16.8 Å². The van der Waals surface area contributed by atoms with Crippen molar-refractivity contribution >= 4 is 35.0 Å². The first-order chi connectivity index (χ1) is 11.1. The van der Waals surface area contributed by atoms with Crippen LogP contribution in [0.15, 0.2) is 36.5 Å². The van der Waals surface area contributed by atoms with Gasteiger partial charge in [-0.05, 0) is 42.9 Å². The number of thioether (sulfide) groups is 1. The van der Waals surface area contributed by atoms with Gasteiger partial charge in [0.05, 0.1) is 0 Å². The minimum Gasteiger partial charge on any atom is -0.473 e. The molecule has 23 heavy (non-hydrogen) atoms. The lowest BCUT2D eigenvalue weighted by Crippen LogP contribution is -2.17. The van der Waals surface area contributed by atoms with Gasteiger partial charge >= 0.3 is 0 Å². The topological polar surface area (TPSA) is 51.2 Å². The molecule has 0 saturated carbocycles. The fraction of sp³-hybridized carbons (Fsp3) is 0.294.